The van der Waals surface area contributed by atoms with Gasteiger partial charge in [-0.15, -0.1) is 0 Å². The SMILES string of the molecule is CCN(CC)S(=O)(=O)c1ccc(Cl)c(NC(=O)C2CCN(C(=O)c3ccc(F)cc3)CC2)c1. The predicted molar refractivity (Wildman–Crippen MR) is 125 cm³/mol. The summed E-state index contributed by atoms with van der Waals surface area (Å²) in [6.07, 6.45) is 0.904. The Balaban J connectivity index is 1.65. The van der Waals surface area contributed by atoms with Crippen LogP contribution < -0.4 is 5.32 Å². The first-order valence-electron chi connectivity index (χ1n) is 10.8. The maximum atomic E-state index is 13.1. The van der Waals surface area contributed by atoms with Crippen molar-refractivity contribution in [2.45, 2.75) is 31.6 Å². The van der Waals surface area contributed by atoms with Crippen molar-refractivity contribution in [2.24, 2.45) is 5.92 Å². The van der Waals surface area contributed by atoms with Crippen molar-refractivity contribution in [1.82, 2.24) is 9.21 Å². The smallest absolute Gasteiger partial charge is 0.253 e. The molecule has 1 N–H and O–H groups in total. The number of nitrogens with zero attached hydrogens (tertiary/aromatic N) is 2. The molecule has 2 aromatic rings. The summed E-state index contributed by atoms with van der Waals surface area (Å²) in [7, 11) is -3.69. The molecule has 3 rings (SSSR count). The molecule has 0 spiro atoms. The average Bonchev–Trinajstić information content (AvgIpc) is 2.81. The summed E-state index contributed by atoms with van der Waals surface area (Å²) in [5.41, 5.74) is 0.636. The van der Waals surface area contributed by atoms with Gasteiger partial charge in [0, 0.05) is 37.7 Å². The zero-order valence-corrected chi connectivity index (χ0v) is 20.1. The number of anilines is 1. The number of likely N-dealkylation sites (tertiary alicyclic amines) is 1. The summed E-state index contributed by atoms with van der Waals surface area (Å²) in [6, 6.07) is 9.62. The highest BCUT2D eigenvalue weighted by atomic mass is 35.5. The molecule has 1 aliphatic heterocycles. The van der Waals surface area contributed by atoms with E-state index in [2.05, 4.69) is 5.32 Å². The molecule has 0 radical (unpaired) electrons. The van der Waals surface area contributed by atoms with Gasteiger partial charge < -0.3 is 10.2 Å². The highest BCUT2D eigenvalue weighted by molar-refractivity contribution is 7.89. The summed E-state index contributed by atoms with van der Waals surface area (Å²) in [4.78, 5) is 27.1. The molecule has 0 aromatic heterocycles. The predicted octanol–water partition coefficient (Wildman–Crippen LogP) is 4.00. The van der Waals surface area contributed by atoms with E-state index in [4.69, 9.17) is 11.6 Å². The molecule has 10 heteroatoms. The van der Waals surface area contributed by atoms with Crippen molar-refractivity contribution < 1.29 is 22.4 Å². The van der Waals surface area contributed by atoms with Crippen molar-refractivity contribution >= 4 is 39.1 Å². The summed E-state index contributed by atoms with van der Waals surface area (Å²) < 4.78 is 40.0. The molecule has 0 aliphatic carbocycles. The normalized spacial score (nSPS) is 15.0. The minimum absolute atomic E-state index is 0.0608. The number of carbonyl (C=O) groups is 2. The average molecular weight is 496 g/mol. The molecule has 33 heavy (non-hydrogen) atoms. The minimum Gasteiger partial charge on any atom is -0.339 e. The van der Waals surface area contributed by atoms with E-state index in [-0.39, 0.29) is 33.3 Å². The zero-order chi connectivity index (χ0) is 24.2. The molecule has 1 aliphatic rings. The van der Waals surface area contributed by atoms with Gasteiger partial charge in [0.05, 0.1) is 15.6 Å². The molecule has 1 heterocycles. The third-order valence-electron chi connectivity index (χ3n) is 5.78. The van der Waals surface area contributed by atoms with Gasteiger partial charge in [-0.3, -0.25) is 9.59 Å². The van der Waals surface area contributed by atoms with Gasteiger partial charge in [0.2, 0.25) is 15.9 Å². The Morgan fingerprint density at radius 3 is 2.27 bits per heavy atom. The molecule has 7 nitrogen and oxygen atoms in total. The fourth-order valence-corrected chi connectivity index (χ4v) is 5.48. The molecular weight excluding hydrogens is 469 g/mol. The van der Waals surface area contributed by atoms with E-state index in [1.54, 1.807) is 18.7 Å². The fourth-order valence-electron chi connectivity index (χ4n) is 3.83. The Bertz CT molecular complexity index is 1110. The molecule has 0 unspecified atom stereocenters. The van der Waals surface area contributed by atoms with Gasteiger partial charge in [0.25, 0.3) is 5.91 Å². The van der Waals surface area contributed by atoms with E-state index in [0.717, 1.165) is 0 Å². The summed E-state index contributed by atoms with van der Waals surface area (Å²) in [6.45, 7) is 4.95. The van der Waals surface area contributed by atoms with Gasteiger partial charge in [-0.05, 0) is 55.3 Å². The number of benzene rings is 2. The number of amides is 2. The minimum atomic E-state index is -3.69. The van der Waals surface area contributed by atoms with Crippen LogP contribution in [0, 0.1) is 11.7 Å². The van der Waals surface area contributed by atoms with Crippen LogP contribution in [0.1, 0.15) is 37.0 Å². The van der Waals surface area contributed by atoms with Crippen LogP contribution in [0.25, 0.3) is 0 Å². The highest BCUT2D eigenvalue weighted by Gasteiger charge is 2.29. The monoisotopic (exact) mass is 495 g/mol. The fraction of sp³-hybridized carbons (Fsp3) is 0.391. The summed E-state index contributed by atoms with van der Waals surface area (Å²) in [5, 5.41) is 2.99. The summed E-state index contributed by atoms with van der Waals surface area (Å²) in [5.74, 6) is -1.23. The first-order valence-corrected chi connectivity index (χ1v) is 12.6. The van der Waals surface area contributed by atoms with Crippen LogP contribution in [0.2, 0.25) is 5.02 Å². The van der Waals surface area contributed by atoms with E-state index in [1.807, 2.05) is 0 Å². The molecule has 2 aromatic carbocycles. The number of hydrogen-bond donors (Lipinski definition) is 1. The Labute approximate surface area is 198 Å². The lowest BCUT2D eigenvalue weighted by molar-refractivity contribution is -0.121. The van der Waals surface area contributed by atoms with Crippen molar-refractivity contribution in [1.29, 1.82) is 0 Å². The zero-order valence-electron chi connectivity index (χ0n) is 18.6. The molecule has 1 fully saturated rings. The van der Waals surface area contributed by atoms with Crippen LogP contribution in [0.3, 0.4) is 0 Å². The maximum Gasteiger partial charge on any atom is 0.253 e. The Kier molecular flexibility index (Phi) is 8.10. The molecule has 1 saturated heterocycles. The van der Waals surface area contributed by atoms with Crippen LogP contribution in [0.4, 0.5) is 10.1 Å². The molecule has 0 bridgehead atoms. The van der Waals surface area contributed by atoms with Crippen molar-refractivity contribution in [2.75, 3.05) is 31.5 Å². The van der Waals surface area contributed by atoms with E-state index in [1.165, 1.54) is 46.8 Å². The first-order chi connectivity index (χ1) is 15.7. The van der Waals surface area contributed by atoms with E-state index < -0.39 is 15.8 Å². The molecule has 178 valence electrons. The lowest BCUT2D eigenvalue weighted by atomic mass is 9.95. The third kappa shape index (κ3) is 5.72. The standard InChI is InChI=1S/C23H27ClFN3O4S/c1-3-28(4-2)33(31,32)19-9-10-20(24)21(15-19)26-22(29)16-11-13-27(14-12-16)23(30)17-5-7-18(25)8-6-17/h5-10,15-16H,3-4,11-14H2,1-2H3,(H,26,29). The number of carbonyl (C=O) groups excluding carboxylic acids is 2. The van der Waals surface area contributed by atoms with E-state index in [0.29, 0.717) is 44.6 Å². The Morgan fingerprint density at radius 2 is 1.70 bits per heavy atom. The van der Waals surface area contributed by atoms with Gasteiger partial charge >= 0.3 is 0 Å². The van der Waals surface area contributed by atoms with E-state index in [9.17, 15) is 22.4 Å². The molecule has 0 atom stereocenters. The van der Waals surface area contributed by atoms with Crippen LogP contribution in [0.5, 0.6) is 0 Å². The second-order valence-electron chi connectivity index (χ2n) is 7.79. The summed E-state index contributed by atoms with van der Waals surface area (Å²) >= 11 is 6.22. The van der Waals surface area contributed by atoms with Gasteiger partial charge in [0.1, 0.15) is 5.82 Å². The number of halogens is 2. The van der Waals surface area contributed by atoms with Crippen molar-refractivity contribution in [3.63, 3.8) is 0 Å². The first kappa shape index (κ1) is 25.1. The molecule has 0 saturated carbocycles. The maximum absolute atomic E-state index is 13.1. The number of sulfonamides is 1. The van der Waals surface area contributed by atoms with Gasteiger partial charge in [0.15, 0.2) is 0 Å². The van der Waals surface area contributed by atoms with Crippen LogP contribution in [0.15, 0.2) is 47.4 Å². The van der Waals surface area contributed by atoms with Crippen LogP contribution in [-0.2, 0) is 14.8 Å². The second kappa shape index (κ2) is 10.6. The van der Waals surface area contributed by atoms with E-state index >= 15 is 0 Å². The largest absolute Gasteiger partial charge is 0.339 e. The number of rotatable bonds is 7. The number of piperidine rings is 1. The topological polar surface area (TPSA) is 86.8 Å². The molecular formula is C23H27ClFN3O4S. The number of nitrogens with one attached hydrogen (secondary N) is 1. The second-order valence-corrected chi connectivity index (χ2v) is 10.1. The lowest BCUT2D eigenvalue weighted by Gasteiger charge is -2.31. The molecule has 2 amide bonds. The van der Waals surface area contributed by atoms with Crippen molar-refractivity contribution in [3.05, 3.63) is 58.9 Å². The Hall–Kier alpha value is -2.49. The Morgan fingerprint density at radius 1 is 1.09 bits per heavy atom. The third-order valence-corrected chi connectivity index (χ3v) is 8.16. The van der Waals surface area contributed by atoms with Gasteiger partial charge in [-0.25, -0.2) is 12.8 Å². The van der Waals surface area contributed by atoms with Crippen LogP contribution in [-0.4, -0.2) is 55.6 Å². The number of hydrogen-bond acceptors (Lipinski definition) is 4. The van der Waals surface area contributed by atoms with Crippen LogP contribution >= 0.6 is 11.6 Å². The van der Waals surface area contributed by atoms with Gasteiger partial charge in [-0.1, -0.05) is 25.4 Å². The van der Waals surface area contributed by atoms with Crippen molar-refractivity contribution in [3.8, 4) is 0 Å². The highest BCUT2D eigenvalue weighted by Crippen LogP contribution is 2.29. The van der Waals surface area contributed by atoms with Gasteiger partial charge in [-0.2, -0.15) is 4.31 Å². The quantitative estimate of drug-likeness (QED) is 0.629. The lowest BCUT2D eigenvalue weighted by Crippen LogP contribution is -2.41.